The normalized spacial score (nSPS) is 11.3. The molecule has 0 aliphatic heterocycles. The molecule has 0 bridgehead atoms. The minimum absolute atomic E-state index is 0.0385. The fourth-order valence-electron chi connectivity index (χ4n) is 2.24. The van der Waals surface area contributed by atoms with Gasteiger partial charge in [0.05, 0.1) is 17.2 Å². The number of alkyl halides is 3. The lowest BCUT2D eigenvalue weighted by Gasteiger charge is -2.24. The number of hydrogen-bond acceptors (Lipinski definition) is 4. The number of rotatable bonds is 7. The number of thioether (sulfide) groups is 1. The van der Waals surface area contributed by atoms with E-state index in [1.807, 2.05) is 0 Å². The first-order chi connectivity index (χ1) is 12.7. The van der Waals surface area contributed by atoms with Gasteiger partial charge in [0, 0.05) is 21.5 Å². The third kappa shape index (κ3) is 6.76. The van der Waals surface area contributed by atoms with Crippen molar-refractivity contribution >= 4 is 35.0 Å². The number of benzene rings is 2. The number of hydrogen-bond donors (Lipinski definition) is 0. The Labute approximate surface area is 162 Å². The number of carbonyl (C=O) groups excluding carboxylic acids is 1. The Kier molecular flexibility index (Phi) is 7.09. The van der Waals surface area contributed by atoms with E-state index in [0.29, 0.717) is 14.8 Å². The third-order valence-corrected chi connectivity index (χ3v) is 4.70. The molecule has 5 nitrogen and oxygen atoms in total. The molecule has 0 spiro atoms. The van der Waals surface area contributed by atoms with E-state index in [1.54, 1.807) is 24.3 Å². The van der Waals surface area contributed by atoms with Gasteiger partial charge in [-0.3, -0.25) is 14.9 Å². The summed E-state index contributed by atoms with van der Waals surface area (Å²) < 4.78 is 38.7. The van der Waals surface area contributed by atoms with Crippen molar-refractivity contribution in [3.63, 3.8) is 0 Å². The molecule has 0 heterocycles. The number of amides is 1. The molecule has 1 amide bonds. The van der Waals surface area contributed by atoms with Crippen molar-refractivity contribution in [2.45, 2.75) is 17.6 Å². The highest BCUT2D eigenvalue weighted by molar-refractivity contribution is 8.00. The van der Waals surface area contributed by atoms with Crippen LogP contribution in [0, 0.1) is 10.1 Å². The second-order valence-electron chi connectivity index (χ2n) is 5.49. The van der Waals surface area contributed by atoms with Gasteiger partial charge in [0.2, 0.25) is 5.91 Å². The summed E-state index contributed by atoms with van der Waals surface area (Å²) in [6.07, 6.45) is -4.62. The zero-order chi connectivity index (χ0) is 20.0. The number of halogens is 4. The molecular weight excluding hydrogens is 405 g/mol. The van der Waals surface area contributed by atoms with Crippen molar-refractivity contribution in [2.75, 3.05) is 12.3 Å². The maximum absolute atomic E-state index is 12.9. The van der Waals surface area contributed by atoms with E-state index in [-0.39, 0.29) is 17.0 Å². The van der Waals surface area contributed by atoms with Crippen LogP contribution in [0.3, 0.4) is 0 Å². The molecular formula is C17H14ClF3N2O3S. The molecule has 10 heteroatoms. The van der Waals surface area contributed by atoms with Gasteiger partial charge < -0.3 is 4.90 Å². The summed E-state index contributed by atoms with van der Waals surface area (Å²) >= 11 is 6.83. The molecule has 0 saturated heterocycles. The first-order valence-corrected chi connectivity index (χ1v) is 8.97. The smallest absolute Gasteiger partial charge is 0.328 e. The van der Waals surface area contributed by atoms with Gasteiger partial charge in [-0.25, -0.2) is 0 Å². The van der Waals surface area contributed by atoms with E-state index in [4.69, 9.17) is 11.6 Å². The summed E-state index contributed by atoms with van der Waals surface area (Å²) in [6.45, 7) is -1.99. The maximum atomic E-state index is 12.9. The van der Waals surface area contributed by atoms with E-state index in [2.05, 4.69) is 0 Å². The first-order valence-electron chi connectivity index (χ1n) is 7.61. The topological polar surface area (TPSA) is 63.5 Å². The summed E-state index contributed by atoms with van der Waals surface area (Å²) in [7, 11) is 0. The molecule has 0 aliphatic carbocycles. The fraction of sp³-hybridized carbons (Fsp3) is 0.235. The quantitative estimate of drug-likeness (QED) is 0.363. The number of carbonyl (C=O) groups is 1. The molecule has 0 N–H and O–H groups in total. The van der Waals surface area contributed by atoms with Crippen LogP contribution in [-0.4, -0.2) is 34.2 Å². The predicted octanol–water partition coefficient (Wildman–Crippen LogP) is 4.93. The summed E-state index contributed by atoms with van der Waals surface area (Å²) in [5.74, 6) is -1.01. The van der Waals surface area contributed by atoms with E-state index in [1.165, 1.54) is 24.3 Å². The van der Waals surface area contributed by atoms with Gasteiger partial charge in [0.1, 0.15) is 6.54 Å². The number of nitro groups is 1. The van der Waals surface area contributed by atoms with Crippen LogP contribution in [0.1, 0.15) is 5.56 Å². The Balaban J connectivity index is 2.15. The lowest BCUT2D eigenvalue weighted by Crippen LogP contribution is -2.39. The molecule has 0 fully saturated rings. The van der Waals surface area contributed by atoms with Crippen molar-refractivity contribution in [1.82, 2.24) is 4.90 Å². The Morgan fingerprint density at radius 2 is 1.78 bits per heavy atom. The van der Waals surface area contributed by atoms with Crippen LogP contribution in [0.15, 0.2) is 53.4 Å². The molecule has 0 radical (unpaired) electrons. The fourth-order valence-corrected chi connectivity index (χ4v) is 3.17. The highest BCUT2D eigenvalue weighted by Gasteiger charge is 2.33. The lowest BCUT2D eigenvalue weighted by atomic mass is 10.1. The molecule has 27 heavy (non-hydrogen) atoms. The molecule has 0 aliphatic rings. The standard InChI is InChI=1S/C17H14ClF3N2O3S/c18-13-5-7-14(8-6-13)27-10-16(24)22(11-17(19,20)21)9-12-3-1-2-4-15(12)23(25)26/h1-8H,9-11H2. The van der Waals surface area contributed by atoms with Crippen molar-refractivity contribution in [3.8, 4) is 0 Å². The van der Waals surface area contributed by atoms with E-state index in [0.717, 1.165) is 11.8 Å². The zero-order valence-electron chi connectivity index (χ0n) is 13.8. The van der Waals surface area contributed by atoms with E-state index < -0.39 is 30.1 Å². The average molecular weight is 419 g/mol. The largest absolute Gasteiger partial charge is 0.406 e. The van der Waals surface area contributed by atoms with Gasteiger partial charge in [-0.05, 0) is 24.3 Å². The molecule has 0 unspecified atom stereocenters. The third-order valence-electron chi connectivity index (χ3n) is 3.45. The first kappa shape index (κ1) is 21.0. The summed E-state index contributed by atoms with van der Waals surface area (Å²) in [5, 5.41) is 11.6. The number of nitro benzene ring substituents is 1. The second kappa shape index (κ2) is 9.09. The van der Waals surface area contributed by atoms with Crippen LogP contribution in [-0.2, 0) is 11.3 Å². The molecule has 0 atom stereocenters. The van der Waals surface area contributed by atoms with Crippen LogP contribution >= 0.6 is 23.4 Å². The van der Waals surface area contributed by atoms with Crippen LogP contribution < -0.4 is 0 Å². The van der Waals surface area contributed by atoms with Crippen molar-refractivity contribution in [1.29, 1.82) is 0 Å². The molecule has 0 aromatic heterocycles. The highest BCUT2D eigenvalue weighted by atomic mass is 35.5. The molecule has 144 valence electrons. The summed E-state index contributed by atoms with van der Waals surface area (Å²) in [6, 6.07) is 11.9. The van der Waals surface area contributed by atoms with Crippen LogP contribution in [0.4, 0.5) is 18.9 Å². The Morgan fingerprint density at radius 1 is 1.15 bits per heavy atom. The average Bonchev–Trinajstić information content (AvgIpc) is 2.59. The number of nitrogens with zero attached hydrogens (tertiary/aromatic N) is 2. The highest BCUT2D eigenvalue weighted by Crippen LogP contribution is 2.25. The molecule has 2 rings (SSSR count). The Bertz CT molecular complexity index is 816. The van der Waals surface area contributed by atoms with E-state index in [9.17, 15) is 28.1 Å². The Morgan fingerprint density at radius 3 is 2.37 bits per heavy atom. The predicted molar refractivity (Wildman–Crippen MR) is 96.7 cm³/mol. The maximum Gasteiger partial charge on any atom is 0.406 e. The van der Waals surface area contributed by atoms with Gasteiger partial charge in [0.15, 0.2) is 0 Å². The van der Waals surface area contributed by atoms with Gasteiger partial charge in [-0.2, -0.15) is 13.2 Å². The van der Waals surface area contributed by atoms with Gasteiger partial charge in [-0.1, -0.05) is 29.8 Å². The monoisotopic (exact) mass is 418 g/mol. The molecule has 2 aromatic carbocycles. The number of para-hydroxylation sites is 1. The van der Waals surface area contributed by atoms with Gasteiger partial charge in [0.25, 0.3) is 5.69 Å². The van der Waals surface area contributed by atoms with Gasteiger partial charge in [-0.15, -0.1) is 11.8 Å². The molecule has 0 saturated carbocycles. The van der Waals surface area contributed by atoms with Crippen molar-refractivity contribution in [3.05, 3.63) is 69.2 Å². The van der Waals surface area contributed by atoms with Crippen molar-refractivity contribution in [2.24, 2.45) is 0 Å². The van der Waals surface area contributed by atoms with Crippen molar-refractivity contribution < 1.29 is 22.9 Å². The lowest BCUT2D eigenvalue weighted by molar-refractivity contribution is -0.385. The van der Waals surface area contributed by atoms with Gasteiger partial charge >= 0.3 is 6.18 Å². The molecule has 2 aromatic rings. The van der Waals surface area contributed by atoms with E-state index >= 15 is 0 Å². The SMILES string of the molecule is O=C(CSc1ccc(Cl)cc1)N(Cc1ccccc1[N+](=O)[O-])CC(F)(F)F. The zero-order valence-corrected chi connectivity index (χ0v) is 15.4. The Hall–Kier alpha value is -2.26. The summed E-state index contributed by atoms with van der Waals surface area (Å²) in [5.41, 5.74) is -0.292. The van der Waals surface area contributed by atoms with Crippen LogP contribution in [0.2, 0.25) is 5.02 Å². The minimum atomic E-state index is -4.62. The summed E-state index contributed by atoms with van der Waals surface area (Å²) in [4.78, 5) is 24.0. The minimum Gasteiger partial charge on any atom is -0.328 e. The second-order valence-corrected chi connectivity index (χ2v) is 6.98. The van der Waals surface area contributed by atoms with Crippen LogP contribution in [0.25, 0.3) is 0 Å². The van der Waals surface area contributed by atoms with Crippen LogP contribution in [0.5, 0.6) is 0 Å².